The maximum atomic E-state index is 11.0. The second-order valence-corrected chi connectivity index (χ2v) is 5.56. The van der Waals surface area contributed by atoms with Crippen LogP contribution in [0.2, 0.25) is 0 Å². The van der Waals surface area contributed by atoms with Crippen molar-refractivity contribution in [3.63, 3.8) is 0 Å². The number of carboxylic acid groups (broad SMARTS) is 1. The van der Waals surface area contributed by atoms with Crippen LogP contribution < -0.4 is 10.1 Å². The molecule has 20 heavy (non-hydrogen) atoms. The number of aryl methyl sites for hydroxylation is 2. The molecule has 112 valence electrons. The fourth-order valence-corrected chi connectivity index (χ4v) is 2.51. The predicted octanol–water partition coefficient (Wildman–Crippen LogP) is 2.70. The van der Waals surface area contributed by atoms with Crippen LogP contribution in [0.4, 0.5) is 0 Å². The minimum absolute atomic E-state index is 0.0571. The molecule has 0 spiro atoms. The van der Waals surface area contributed by atoms with E-state index in [9.17, 15) is 4.79 Å². The van der Waals surface area contributed by atoms with Crippen molar-refractivity contribution in [3.05, 3.63) is 28.8 Å². The van der Waals surface area contributed by atoms with E-state index in [1.165, 1.54) is 5.56 Å². The third-order valence-corrected chi connectivity index (χ3v) is 3.35. The normalized spacial score (nSPS) is 12.5. The number of hydrogen-bond acceptors (Lipinski definition) is 3. The molecule has 0 fully saturated rings. The van der Waals surface area contributed by atoms with Crippen molar-refractivity contribution in [1.82, 2.24) is 5.32 Å². The molecular formula is C16H25NO3. The summed E-state index contributed by atoms with van der Waals surface area (Å²) in [4.78, 5) is 11.0. The minimum atomic E-state index is -0.771. The van der Waals surface area contributed by atoms with E-state index in [0.29, 0.717) is 6.42 Å². The summed E-state index contributed by atoms with van der Waals surface area (Å²) in [5.41, 5.74) is 3.48. The van der Waals surface area contributed by atoms with E-state index in [-0.39, 0.29) is 18.5 Å². The molecule has 1 aromatic carbocycles. The number of aliphatic carboxylic acids is 1. The number of carboxylic acids is 1. The number of methoxy groups -OCH3 is 1. The fraction of sp³-hybridized carbons (Fsp3) is 0.562. The summed E-state index contributed by atoms with van der Waals surface area (Å²) in [5.74, 6) is 0.0716. The van der Waals surface area contributed by atoms with Gasteiger partial charge >= 0.3 is 5.97 Å². The summed E-state index contributed by atoms with van der Waals surface area (Å²) in [6.45, 7) is 8.14. The molecule has 4 heteroatoms. The zero-order chi connectivity index (χ0) is 15.3. The molecule has 0 bridgehead atoms. The van der Waals surface area contributed by atoms with Gasteiger partial charge < -0.3 is 15.2 Å². The van der Waals surface area contributed by atoms with E-state index in [2.05, 4.69) is 5.32 Å². The third-order valence-electron chi connectivity index (χ3n) is 3.35. The van der Waals surface area contributed by atoms with E-state index in [1.807, 2.05) is 39.8 Å². The van der Waals surface area contributed by atoms with Crippen LogP contribution in [0.25, 0.3) is 0 Å². The Balaban J connectivity index is 2.95. The Morgan fingerprint density at radius 1 is 1.30 bits per heavy atom. The topological polar surface area (TPSA) is 58.6 Å². The van der Waals surface area contributed by atoms with Gasteiger partial charge in [0, 0.05) is 12.1 Å². The van der Waals surface area contributed by atoms with Crippen molar-refractivity contribution in [1.29, 1.82) is 0 Å². The van der Waals surface area contributed by atoms with Crippen molar-refractivity contribution < 1.29 is 14.6 Å². The van der Waals surface area contributed by atoms with Gasteiger partial charge in [-0.05, 0) is 49.1 Å². The molecule has 4 nitrogen and oxygen atoms in total. The number of nitrogens with one attached hydrogen (secondary N) is 1. The van der Waals surface area contributed by atoms with E-state index >= 15 is 0 Å². The molecule has 2 N–H and O–H groups in total. The molecular weight excluding hydrogens is 254 g/mol. The first-order valence-corrected chi connectivity index (χ1v) is 6.95. The van der Waals surface area contributed by atoms with Gasteiger partial charge in [0.05, 0.1) is 13.5 Å². The van der Waals surface area contributed by atoms with Crippen LogP contribution in [-0.4, -0.2) is 30.3 Å². The summed E-state index contributed by atoms with van der Waals surface area (Å²) in [6.07, 6.45) is 0.842. The van der Waals surface area contributed by atoms with Crippen LogP contribution in [0.5, 0.6) is 5.75 Å². The third kappa shape index (κ3) is 4.85. The largest absolute Gasteiger partial charge is 0.497 e. The Labute approximate surface area is 121 Å². The average molecular weight is 279 g/mol. The summed E-state index contributed by atoms with van der Waals surface area (Å²) in [5, 5.41) is 12.4. The molecule has 1 rings (SSSR count). The average Bonchev–Trinajstić information content (AvgIpc) is 2.31. The quantitative estimate of drug-likeness (QED) is 0.805. The van der Waals surface area contributed by atoms with E-state index in [0.717, 1.165) is 16.9 Å². The zero-order valence-electron chi connectivity index (χ0n) is 13.0. The lowest BCUT2D eigenvalue weighted by atomic mass is 9.94. The fourth-order valence-electron chi connectivity index (χ4n) is 2.51. The molecule has 0 aliphatic heterocycles. The molecule has 0 aromatic heterocycles. The molecule has 1 atom stereocenters. The number of hydrogen-bond donors (Lipinski definition) is 2. The van der Waals surface area contributed by atoms with Crippen molar-refractivity contribution in [3.8, 4) is 5.75 Å². The Morgan fingerprint density at radius 2 is 1.85 bits per heavy atom. The van der Waals surface area contributed by atoms with Crippen molar-refractivity contribution in [2.75, 3.05) is 7.11 Å². The van der Waals surface area contributed by atoms with Gasteiger partial charge in [0.1, 0.15) is 5.75 Å². The van der Waals surface area contributed by atoms with Crippen LogP contribution in [0.3, 0.4) is 0 Å². The molecule has 0 aliphatic rings. The first kappa shape index (κ1) is 16.5. The van der Waals surface area contributed by atoms with Crippen LogP contribution in [0, 0.1) is 13.8 Å². The smallest absolute Gasteiger partial charge is 0.304 e. The molecule has 0 heterocycles. The lowest BCUT2D eigenvalue weighted by molar-refractivity contribution is -0.137. The Morgan fingerprint density at radius 3 is 2.25 bits per heavy atom. The maximum Gasteiger partial charge on any atom is 0.304 e. The highest BCUT2D eigenvalue weighted by Crippen LogP contribution is 2.23. The van der Waals surface area contributed by atoms with Crippen molar-refractivity contribution >= 4 is 5.97 Å². The van der Waals surface area contributed by atoms with Gasteiger partial charge in [-0.2, -0.15) is 0 Å². The van der Waals surface area contributed by atoms with Crippen molar-refractivity contribution in [2.45, 2.75) is 52.6 Å². The summed E-state index contributed by atoms with van der Waals surface area (Å²) < 4.78 is 5.26. The number of benzene rings is 1. The van der Waals surface area contributed by atoms with E-state index < -0.39 is 5.97 Å². The van der Waals surface area contributed by atoms with Gasteiger partial charge in [0.2, 0.25) is 0 Å². The van der Waals surface area contributed by atoms with Gasteiger partial charge in [0.15, 0.2) is 0 Å². The van der Waals surface area contributed by atoms with Crippen LogP contribution in [0.15, 0.2) is 12.1 Å². The lowest BCUT2D eigenvalue weighted by Gasteiger charge is -2.22. The first-order valence-electron chi connectivity index (χ1n) is 6.95. The minimum Gasteiger partial charge on any atom is -0.497 e. The highest BCUT2D eigenvalue weighted by molar-refractivity contribution is 5.67. The lowest BCUT2D eigenvalue weighted by Crippen LogP contribution is -2.38. The molecule has 0 amide bonds. The monoisotopic (exact) mass is 279 g/mol. The Bertz CT molecular complexity index is 446. The molecule has 1 unspecified atom stereocenters. The molecule has 0 radical (unpaired) electrons. The second kappa shape index (κ2) is 7.29. The van der Waals surface area contributed by atoms with E-state index in [4.69, 9.17) is 9.84 Å². The number of ether oxygens (including phenoxy) is 1. The van der Waals surface area contributed by atoms with Gasteiger partial charge in [0.25, 0.3) is 0 Å². The highest BCUT2D eigenvalue weighted by Gasteiger charge is 2.17. The molecule has 1 aromatic rings. The summed E-state index contributed by atoms with van der Waals surface area (Å²) in [7, 11) is 1.65. The van der Waals surface area contributed by atoms with Gasteiger partial charge in [-0.25, -0.2) is 0 Å². The first-order chi connectivity index (χ1) is 9.33. The summed E-state index contributed by atoms with van der Waals surface area (Å²) >= 11 is 0. The molecule has 0 aliphatic carbocycles. The highest BCUT2D eigenvalue weighted by atomic mass is 16.5. The SMILES string of the molecule is COc1cc(C)c(CC(CC(=O)O)NC(C)C)c(C)c1. The van der Waals surface area contributed by atoms with Crippen LogP contribution in [-0.2, 0) is 11.2 Å². The van der Waals surface area contributed by atoms with E-state index in [1.54, 1.807) is 7.11 Å². The predicted molar refractivity (Wildman–Crippen MR) is 80.5 cm³/mol. The number of carbonyl (C=O) groups is 1. The zero-order valence-corrected chi connectivity index (χ0v) is 13.0. The van der Waals surface area contributed by atoms with Crippen LogP contribution >= 0.6 is 0 Å². The molecule has 0 saturated carbocycles. The van der Waals surface area contributed by atoms with Crippen molar-refractivity contribution in [2.24, 2.45) is 0 Å². The second-order valence-electron chi connectivity index (χ2n) is 5.56. The van der Waals surface area contributed by atoms with Crippen LogP contribution in [0.1, 0.15) is 37.0 Å². The van der Waals surface area contributed by atoms with Gasteiger partial charge in [-0.1, -0.05) is 13.8 Å². The van der Waals surface area contributed by atoms with Gasteiger partial charge in [-0.3, -0.25) is 4.79 Å². The maximum absolute atomic E-state index is 11.0. The van der Waals surface area contributed by atoms with Gasteiger partial charge in [-0.15, -0.1) is 0 Å². The standard InChI is InChI=1S/C16H25NO3/c1-10(2)17-13(9-16(18)19)8-15-11(3)6-14(20-5)7-12(15)4/h6-7,10,13,17H,8-9H2,1-5H3,(H,18,19). The number of rotatable bonds is 7. The Hall–Kier alpha value is -1.55. The summed E-state index contributed by atoms with van der Waals surface area (Å²) in [6, 6.07) is 4.20. The molecule has 0 saturated heterocycles. The Kier molecular flexibility index (Phi) is 6.02.